The summed E-state index contributed by atoms with van der Waals surface area (Å²) in [7, 11) is -2.31. The number of ether oxygens (including phenoxy) is 1. The van der Waals surface area contributed by atoms with Gasteiger partial charge in [0.15, 0.2) is 0 Å². The van der Waals surface area contributed by atoms with E-state index < -0.39 is 10.0 Å². The number of anilines is 2. The number of aryl methyl sites for hydroxylation is 2. The molecule has 0 saturated carbocycles. The van der Waals surface area contributed by atoms with E-state index in [0.717, 1.165) is 11.1 Å². The molecule has 29 heavy (non-hydrogen) atoms. The Balaban J connectivity index is 1.79. The lowest BCUT2D eigenvalue weighted by Crippen LogP contribution is -2.16. The van der Waals surface area contributed by atoms with E-state index in [9.17, 15) is 13.2 Å². The molecule has 3 aromatic carbocycles. The van der Waals surface area contributed by atoms with Crippen molar-refractivity contribution >= 4 is 27.3 Å². The van der Waals surface area contributed by atoms with Gasteiger partial charge in [-0.25, -0.2) is 8.42 Å². The van der Waals surface area contributed by atoms with Gasteiger partial charge in [-0.3, -0.25) is 9.52 Å². The number of carbonyl (C=O) groups is 1. The van der Waals surface area contributed by atoms with Crippen LogP contribution in [0.3, 0.4) is 0 Å². The maximum absolute atomic E-state index is 12.7. The van der Waals surface area contributed by atoms with Crippen LogP contribution in [0.25, 0.3) is 0 Å². The number of carbonyl (C=O) groups excluding carboxylic acids is 1. The molecule has 3 rings (SSSR count). The maximum atomic E-state index is 12.7. The molecule has 0 spiro atoms. The molecule has 2 N–H and O–H groups in total. The van der Waals surface area contributed by atoms with E-state index in [1.807, 2.05) is 32.0 Å². The lowest BCUT2D eigenvalue weighted by Gasteiger charge is -2.11. The lowest BCUT2D eigenvalue weighted by atomic mass is 10.1. The highest BCUT2D eigenvalue weighted by molar-refractivity contribution is 7.92. The van der Waals surface area contributed by atoms with Gasteiger partial charge in [-0.2, -0.15) is 0 Å². The normalized spacial score (nSPS) is 11.0. The first-order chi connectivity index (χ1) is 13.8. The molecule has 0 atom stereocenters. The highest BCUT2D eigenvalue weighted by Crippen LogP contribution is 2.21. The first-order valence-corrected chi connectivity index (χ1v) is 10.4. The fourth-order valence-electron chi connectivity index (χ4n) is 2.70. The summed E-state index contributed by atoms with van der Waals surface area (Å²) in [5, 5.41) is 2.80. The highest BCUT2D eigenvalue weighted by atomic mass is 32.2. The molecule has 0 radical (unpaired) electrons. The van der Waals surface area contributed by atoms with Crippen molar-refractivity contribution in [3.8, 4) is 5.75 Å². The largest absolute Gasteiger partial charge is 0.497 e. The molecule has 0 aliphatic carbocycles. The molecule has 6 nitrogen and oxygen atoms in total. The van der Waals surface area contributed by atoms with E-state index in [1.165, 1.54) is 25.3 Å². The van der Waals surface area contributed by atoms with Crippen molar-refractivity contribution in [2.75, 3.05) is 17.1 Å². The Morgan fingerprint density at radius 2 is 1.55 bits per heavy atom. The molecule has 150 valence electrons. The molecular formula is C22H22N2O4S. The summed E-state index contributed by atoms with van der Waals surface area (Å²) >= 11 is 0. The van der Waals surface area contributed by atoms with Crippen LogP contribution in [0.15, 0.2) is 71.6 Å². The highest BCUT2D eigenvalue weighted by Gasteiger charge is 2.17. The minimum Gasteiger partial charge on any atom is -0.497 e. The second-order valence-corrected chi connectivity index (χ2v) is 8.30. The molecule has 0 saturated heterocycles. The van der Waals surface area contributed by atoms with Gasteiger partial charge in [0.05, 0.1) is 12.0 Å². The number of benzene rings is 3. The standard InChI is InChI=1S/C22H22N2O4S/c1-15-7-8-19(13-16(15)2)23-22(25)17-5-4-6-21(14-17)29(26,27)24-18-9-11-20(28-3)12-10-18/h4-14,24H,1-3H3,(H,23,25). The summed E-state index contributed by atoms with van der Waals surface area (Å²) in [5.41, 5.74) is 3.49. The Bertz CT molecular complexity index is 1140. The lowest BCUT2D eigenvalue weighted by molar-refractivity contribution is 0.102. The molecule has 0 bridgehead atoms. The van der Waals surface area contributed by atoms with Gasteiger partial charge >= 0.3 is 0 Å². The zero-order valence-electron chi connectivity index (χ0n) is 16.4. The molecule has 3 aromatic rings. The van der Waals surface area contributed by atoms with E-state index in [4.69, 9.17) is 4.74 Å². The smallest absolute Gasteiger partial charge is 0.261 e. The van der Waals surface area contributed by atoms with Crippen molar-refractivity contribution in [1.29, 1.82) is 0 Å². The van der Waals surface area contributed by atoms with Gasteiger partial charge in [-0.15, -0.1) is 0 Å². The summed E-state index contributed by atoms with van der Waals surface area (Å²) in [5.74, 6) is 0.243. The third-order valence-corrected chi connectivity index (χ3v) is 5.89. The quantitative estimate of drug-likeness (QED) is 0.632. The van der Waals surface area contributed by atoms with Crippen LogP contribution in [0.4, 0.5) is 11.4 Å². The second-order valence-electron chi connectivity index (χ2n) is 6.61. The number of hydrogen-bond acceptors (Lipinski definition) is 4. The Kier molecular flexibility index (Phi) is 5.89. The van der Waals surface area contributed by atoms with Crippen molar-refractivity contribution in [3.05, 3.63) is 83.4 Å². The first kappa shape index (κ1) is 20.4. The summed E-state index contributed by atoms with van der Waals surface area (Å²) in [6.45, 7) is 3.95. The van der Waals surface area contributed by atoms with E-state index >= 15 is 0 Å². The minimum absolute atomic E-state index is 0.000977. The number of rotatable bonds is 6. The Labute approximate surface area is 170 Å². The van der Waals surface area contributed by atoms with E-state index in [1.54, 1.807) is 30.3 Å². The third kappa shape index (κ3) is 4.94. The van der Waals surface area contributed by atoms with Crippen LogP contribution in [-0.4, -0.2) is 21.4 Å². The van der Waals surface area contributed by atoms with Crippen molar-refractivity contribution in [2.45, 2.75) is 18.7 Å². The minimum atomic E-state index is -3.84. The van der Waals surface area contributed by atoms with Crippen LogP contribution >= 0.6 is 0 Å². The molecular weight excluding hydrogens is 388 g/mol. The molecule has 0 aromatic heterocycles. The van der Waals surface area contributed by atoms with Crippen molar-refractivity contribution < 1.29 is 17.9 Å². The Morgan fingerprint density at radius 1 is 0.862 bits per heavy atom. The van der Waals surface area contributed by atoms with E-state index in [0.29, 0.717) is 17.1 Å². The molecule has 0 aliphatic heterocycles. The first-order valence-electron chi connectivity index (χ1n) is 8.94. The number of hydrogen-bond donors (Lipinski definition) is 2. The number of methoxy groups -OCH3 is 1. The molecule has 0 heterocycles. The second kappa shape index (κ2) is 8.36. The number of sulfonamides is 1. The van der Waals surface area contributed by atoms with Crippen LogP contribution < -0.4 is 14.8 Å². The molecule has 7 heteroatoms. The fraction of sp³-hybridized carbons (Fsp3) is 0.136. The van der Waals surface area contributed by atoms with Gasteiger partial charge < -0.3 is 10.1 Å². The molecule has 0 fully saturated rings. The van der Waals surface area contributed by atoms with Crippen LogP contribution in [0.5, 0.6) is 5.75 Å². The van der Waals surface area contributed by atoms with Crippen LogP contribution in [0, 0.1) is 13.8 Å². The van der Waals surface area contributed by atoms with E-state index in [-0.39, 0.29) is 16.4 Å². The van der Waals surface area contributed by atoms with Crippen LogP contribution in [0.2, 0.25) is 0 Å². The maximum Gasteiger partial charge on any atom is 0.261 e. The zero-order valence-corrected chi connectivity index (χ0v) is 17.2. The summed E-state index contributed by atoms with van der Waals surface area (Å²) < 4.78 is 33.0. The zero-order chi connectivity index (χ0) is 21.0. The number of amides is 1. The Hall–Kier alpha value is -3.32. The third-order valence-electron chi connectivity index (χ3n) is 4.51. The van der Waals surface area contributed by atoms with Gasteiger partial charge in [0.2, 0.25) is 0 Å². The summed E-state index contributed by atoms with van der Waals surface area (Å²) in [4.78, 5) is 12.6. The van der Waals surface area contributed by atoms with Crippen molar-refractivity contribution in [1.82, 2.24) is 0 Å². The predicted octanol–water partition coefficient (Wildman–Crippen LogP) is 4.37. The van der Waals surface area contributed by atoms with Gasteiger partial charge in [0.25, 0.3) is 15.9 Å². The molecule has 0 unspecified atom stereocenters. The van der Waals surface area contributed by atoms with E-state index in [2.05, 4.69) is 10.0 Å². The van der Waals surface area contributed by atoms with Gasteiger partial charge in [0.1, 0.15) is 5.75 Å². The van der Waals surface area contributed by atoms with Crippen LogP contribution in [0.1, 0.15) is 21.5 Å². The SMILES string of the molecule is COc1ccc(NS(=O)(=O)c2cccc(C(=O)Nc3ccc(C)c(C)c3)c2)cc1. The average molecular weight is 410 g/mol. The summed E-state index contributed by atoms with van der Waals surface area (Å²) in [6, 6.07) is 18.0. The molecule has 0 aliphatic rings. The average Bonchev–Trinajstić information content (AvgIpc) is 2.71. The predicted molar refractivity (Wildman–Crippen MR) is 114 cm³/mol. The number of nitrogens with one attached hydrogen (secondary N) is 2. The summed E-state index contributed by atoms with van der Waals surface area (Å²) in [6.07, 6.45) is 0. The van der Waals surface area contributed by atoms with Crippen molar-refractivity contribution in [2.24, 2.45) is 0 Å². The Morgan fingerprint density at radius 3 is 2.21 bits per heavy atom. The van der Waals surface area contributed by atoms with Gasteiger partial charge in [0, 0.05) is 16.9 Å². The van der Waals surface area contributed by atoms with Crippen LogP contribution in [-0.2, 0) is 10.0 Å². The molecule has 1 amide bonds. The fourth-order valence-corrected chi connectivity index (χ4v) is 3.80. The van der Waals surface area contributed by atoms with Crippen molar-refractivity contribution in [3.63, 3.8) is 0 Å². The van der Waals surface area contributed by atoms with Gasteiger partial charge in [-0.1, -0.05) is 12.1 Å². The van der Waals surface area contributed by atoms with Gasteiger partial charge in [-0.05, 0) is 79.6 Å². The monoisotopic (exact) mass is 410 g/mol. The topological polar surface area (TPSA) is 84.5 Å².